The number of hydrogen-bond acceptors (Lipinski definition) is 7. The van der Waals surface area contributed by atoms with Gasteiger partial charge in [0, 0.05) is 40.7 Å². The molecule has 2 amide bonds. The number of hydrogen-bond donors (Lipinski definition) is 3. The highest BCUT2D eigenvalue weighted by atomic mass is 31.2. The second-order valence-corrected chi connectivity index (χ2v) is 13.2. The molecule has 9 nitrogen and oxygen atoms in total. The molecule has 0 aliphatic carbocycles. The van der Waals surface area contributed by atoms with Crippen LogP contribution in [0, 0.1) is 0 Å². The van der Waals surface area contributed by atoms with E-state index in [0.717, 1.165) is 5.56 Å². The second kappa shape index (κ2) is 12.3. The average molecular weight is 560 g/mol. The molecule has 5 N–H and O–H groups in total. The minimum atomic E-state index is -2.60. The molecular weight excluding hydrogens is 525 g/mol. The van der Waals surface area contributed by atoms with Gasteiger partial charge in [0.15, 0.2) is 0 Å². The lowest BCUT2D eigenvalue weighted by Gasteiger charge is -2.22. The summed E-state index contributed by atoms with van der Waals surface area (Å²) in [6, 6.07) is 19.3. The number of amidine groups is 1. The first kappa shape index (κ1) is 28.8. The van der Waals surface area contributed by atoms with Gasteiger partial charge in [-0.25, -0.2) is 10.1 Å². The topological polar surface area (TPSA) is 140 Å². The molecule has 1 aliphatic heterocycles. The average Bonchev–Trinajstić information content (AvgIpc) is 3.08. The summed E-state index contributed by atoms with van der Waals surface area (Å²) in [4.78, 5) is 36.9. The Labute approximate surface area is 234 Å². The fourth-order valence-electron chi connectivity index (χ4n) is 4.27. The molecular formula is C30H34N5O4P. The van der Waals surface area contributed by atoms with Gasteiger partial charge in [-0.3, -0.25) is 14.4 Å². The summed E-state index contributed by atoms with van der Waals surface area (Å²) >= 11 is 0. The number of benzene rings is 3. The molecule has 10 heteroatoms. The maximum absolute atomic E-state index is 13.5. The molecule has 0 saturated heterocycles. The fourth-order valence-corrected chi connectivity index (χ4v) is 5.42. The largest absolute Gasteiger partial charge is 0.399 e. The van der Waals surface area contributed by atoms with Crippen molar-refractivity contribution in [2.75, 3.05) is 30.9 Å². The van der Waals surface area contributed by atoms with E-state index in [1.165, 1.54) is 5.06 Å². The van der Waals surface area contributed by atoms with Crippen LogP contribution < -0.4 is 22.1 Å². The summed E-state index contributed by atoms with van der Waals surface area (Å²) in [6.45, 7) is 5.90. The van der Waals surface area contributed by atoms with Gasteiger partial charge in [0.1, 0.15) is 19.6 Å². The van der Waals surface area contributed by atoms with Crippen LogP contribution in [0.5, 0.6) is 0 Å². The van der Waals surface area contributed by atoms with E-state index in [1.54, 1.807) is 74.0 Å². The Morgan fingerprint density at radius 3 is 2.48 bits per heavy atom. The van der Waals surface area contributed by atoms with E-state index in [0.29, 0.717) is 52.0 Å². The Hall–Kier alpha value is -4.20. The molecule has 0 saturated carbocycles. The summed E-state index contributed by atoms with van der Waals surface area (Å²) < 4.78 is 12.7. The zero-order valence-corrected chi connectivity index (χ0v) is 23.8. The monoisotopic (exact) mass is 559 g/mol. The van der Waals surface area contributed by atoms with Crippen molar-refractivity contribution in [3.05, 3.63) is 89.0 Å². The van der Waals surface area contributed by atoms with E-state index < -0.39 is 7.14 Å². The summed E-state index contributed by atoms with van der Waals surface area (Å²) in [5.74, 6) is -0.424. The Morgan fingerprint density at radius 1 is 1.05 bits per heavy atom. The normalized spacial score (nSPS) is 13.0. The Bertz CT molecular complexity index is 1530. The Balaban J connectivity index is 1.55. The third-order valence-corrected chi connectivity index (χ3v) is 7.84. The first-order valence-corrected chi connectivity index (χ1v) is 15.6. The molecule has 0 bridgehead atoms. The first-order chi connectivity index (χ1) is 19.0. The lowest BCUT2D eigenvalue weighted by Crippen LogP contribution is -2.34. The summed E-state index contributed by atoms with van der Waals surface area (Å²) in [6.07, 6.45) is 2.57. The van der Waals surface area contributed by atoms with Crippen molar-refractivity contribution in [3.8, 4) is 0 Å². The predicted octanol–water partition coefficient (Wildman–Crippen LogP) is 4.92. The molecule has 1 heterocycles. The van der Waals surface area contributed by atoms with Crippen molar-refractivity contribution in [3.63, 3.8) is 0 Å². The maximum Gasteiger partial charge on any atom is 0.273 e. The highest BCUT2D eigenvalue weighted by Crippen LogP contribution is 2.37. The second-order valence-electron chi connectivity index (χ2n) is 9.97. The molecule has 0 atom stereocenters. The van der Waals surface area contributed by atoms with Crippen LogP contribution in [0.4, 0.5) is 17.1 Å². The van der Waals surface area contributed by atoms with Gasteiger partial charge in [-0.05, 0) is 67.8 Å². The molecule has 3 aromatic carbocycles. The van der Waals surface area contributed by atoms with Crippen LogP contribution in [0.25, 0.3) is 6.08 Å². The van der Waals surface area contributed by atoms with Crippen molar-refractivity contribution in [2.45, 2.75) is 26.4 Å². The van der Waals surface area contributed by atoms with E-state index >= 15 is 0 Å². The maximum atomic E-state index is 13.5. The Kier molecular flexibility index (Phi) is 8.87. The number of rotatable bonds is 9. The third kappa shape index (κ3) is 7.05. The fraction of sp³-hybridized carbons (Fsp3) is 0.233. The number of nitrogens with zero attached hydrogens (tertiary/aromatic N) is 2. The molecule has 0 spiro atoms. The van der Waals surface area contributed by atoms with Gasteiger partial charge >= 0.3 is 0 Å². The van der Waals surface area contributed by atoms with Crippen LogP contribution in [-0.2, 0) is 20.8 Å². The number of nitrogen functional groups attached to an aromatic ring is 1. The number of nitrogens with two attached hydrogens (primary N) is 2. The van der Waals surface area contributed by atoms with E-state index in [-0.39, 0.29) is 30.7 Å². The van der Waals surface area contributed by atoms with Crippen molar-refractivity contribution in [1.29, 1.82) is 0 Å². The molecule has 0 fully saturated rings. The standard InChI is InChI=1S/C30H34N5O4P/c1-4-15-35(39-19-20-9-13-24(31)14-10-20)30(37)23-16-21-11-12-22(17-26(21)33-28(32)18-23)29(36)34-25-7-5-6-8-27(25)40(2,3)38/h5-14,16-17H,4,15,18-19,31H2,1-3H3,(H2,32,33)(H,34,36). The van der Waals surface area contributed by atoms with E-state index in [4.69, 9.17) is 16.3 Å². The Morgan fingerprint density at radius 2 is 1.77 bits per heavy atom. The zero-order valence-electron chi connectivity index (χ0n) is 22.9. The molecule has 4 rings (SSSR count). The van der Waals surface area contributed by atoms with E-state index in [1.807, 2.05) is 19.1 Å². The lowest BCUT2D eigenvalue weighted by atomic mass is 10.0. The number of para-hydroxylation sites is 1. The summed E-state index contributed by atoms with van der Waals surface area (Å²) in [7, 11) is -2.60. The number of carbonyl (C=O) groups is 2. The van der Waals surface area contributed by atoms with Gasteiger partial charge < -0.3 is 21.3 Å². The van der Waals surface area contributed by atoms with Gasteiger partial charge in [0.05, 0.1) is 11.4 Å². The van der Waals surface area contributed by atoms with Crippen LogP contribution in [0.15, 0.2) is 77.3 Å². The molecule has 1 aliphatic rings. The van der Waals surface area contributed by atoms with Gasteiger partial charge in [-0.15, -0.1) is 0 Å². The predicted molar refractivity (Wildman–Crippen MR) is 161 cm³/mol. The zero-order chi connectivity index (χ0) is 28.9. The molecule has 0 unspecified atom stereocenters. The highest BCUT2D eigenvalue weighted by Gasteiger charge is 2.23. The number of carbonyl (C=O) groups excluding carboxylic acids is 2. The van der Waals surface area contributed by atoms with Gasteiger partial charge in [0.2, 0.25) is 0 Å². The number of hydroxylamine groups is 2. The molecule has 0 radical (unpaired) electrons. The van der Waals surface area contributed by atoms with Crippen molar-refractivity contribution < 1.29 is 19.0 Å². The molecule has 0 aromatic heterocycles. The molecule has 40 heavy (non-hydrogen) atoms. The van der Waals surface area contributed by atoms with Crippen LogP contribution in [0.3, 0.4) is 0 Å². The van der Waals surface area contributed by atoms with Gasteiger partial charge in [0.25, 0.3) is 11.8 Å². The van der Waals surface area contributed by atoms with Gasteiger partial charge in [-0.1, -0.05) is 37.3 Å². The van der Waals surface area contributed by atoms with E-state index in [2.05, 4.69) is 10.3 Å². The molecule has 3 aromatic rings. The number of aliphatic imine (C=N–C) groups is 1. The number of fused-ring (bicyclic) bond motifs is 1. The minimum absolute atomic E-state index is 0.135. The van der Waals surface area contributed by atoms with Gasteiger partial charge in [-0.2, -0.15) is 0 Å². The van der Waals surface area contributed by atoms with Crippen LogP contribution in [-0.4, -0.2) is 42.6 Å². The smallest absolute Gasteiger partial charge is 0.273 e. The lowest BCUT2D eigenvalue weighted by molar-refractivity contribution is -0.187. The van der Waals surface area contributed by atoms with Crippen LogP contribution in [0.1, 0.15) is 41.3 Å². The van der Waals surface area contributed by atoms with Crippen molar-refractivity contribution >= 4 is 53.2 Å². The van der Waals surface area contributed by atoms with Crippen LogP contribution >= 0.6 is 7.14 Å². The third-order valence-electron chi connectivity index (χ3n) is 6.29. The first-order valence-electron chi connectivity index (χ1n) is 13.0. The number of anilines is 2. The summed E-state index contributed by atoms with van der Waals surface area (Å²) in [5.41, 5.74) is 15.9. The quantitative estimate of drug-likeness (QED) is 0.193. The van der Waals surface area contributed by atoms with Crippen LogP contribution in [0.2, 0.25) is 0 Å². The van der Waals surface area contributed by atoms with Crippen molar-refractivity contribution in [1.82, 2.24) is 5.06 Å². The SMILES string of the molecule is CCCN(OCc1ccc(N)cc1)C(=O)C1=Cc2ccc(C(=O)Nc3ccccc3P(C)(C)=O)cc2N=C(N)C1. The minimum Gasteiger partial charge on any atom is -0.399 e. The van der Waals surface area contributed by atoms with Crippen molar-refractivity contribution in [2.24, 2.45) is 10.7 Å². The number of nitrogens with one attached hydrogen (secondary N) is 1. The van der Waals surface area contributed by atoms with E-state index in [9.17, 15) is 14.2 Å². The number of amides is 2. The molecule has 208 valence electrons. The highest BCUT2D eigenvalue weighted by molar-refractivity contribution is 7.70. The summed E-state index contributed by atoms with van der Waals surface area (Å²) in [5, 5.41) is 4.81.